The van der Waals surface area contributed by atoms with E-state index in [0.29, 0.717) is 10.0 Å². The molecule has 94 valence electrons. The van der Waals surface area contributed by atoms with E-state index >= 15 is 0 Å². The number of hydrogen-bond acceptors (Lipinski definition) is 1. The van der Waals surface area contributed by atoms with E-state index in [2.05, 4.69) is 12.2 Å². The smallest absolute Gasteiger partial charge is 0.0424 e. The molecule has 0 saturated heterocycles. The van der Waals surface area contributed by atoms with Crippen LogP contribution in [0, 0.1) is 0 Å². The molecule has 2 rings (SSSR count). The molecule has 1 saturated carbocycles. The molecule has 0 radical (unpaired) electrons. The van der Waals surface area contributed by atoms with Gasteiger partial charge >= 0.3 is 0 Å². The molecular weight excluding hydrogens is 253 g/mol. The molecule has 1 aromatic carbocycles. The van der Waals surface area contributed by atoms with Gasteiger partial charge in [-0.05, 0) is 43.5 Å². The summed E-state index contributed by atoms with van der Waals surface area (Å²) in [6.45, 7) is 3.16. The molecule has 0 aliphatic heterocycles. The molecular formula is C14H19Cl2N. The molecule has 0 spiro atoms. The summed E-state index contributed by atoms with van der Waals surface area (Å²) < 4.78 is 0. The zero-order chi connectivity index (χ0) is 12.3. The fourth-order valence-electron chi connectivity index (χ4n) is 2.54. The zero-order valence-electron chi connectivity index (χ0n) is 10.2. The van der Waals surface area contributed by atoms with E-state index < -0.39 is 0 Å². The van der Waals surface area contributed by atoms with Crippen molar-refractivity contribution in [3.8, 4) is 0 Å². The first kappa shape index (κ1) is 13.2. The lowest BCUT2D eigenvalue weighted by Gasteiger charge is -2.34. The summed E-state index contributed by atoms with van der Waals surface area (Å²) in [7, 11) is 0. The third kappa shape index (κ3) is 3.87. The summed E-state index contributed by atoms with van der Waals surface area (Å²) in [5.41, 5.74) is 1.45. The largest absolute Gasteiger partial charge is 0.307 e. The van der Waals surface area contributed by atoms with Crippen LogP contribution in [0.25, 0.3) is 0 Å². The van der Waals surface area contributed by atoms with Crippen LogP contribution in [0.3, 0.4) is 0 Å². The van der Waals surface area contributed by atoms with Crippen molar-refractivity contribution in [2.75, 3.05) is 0 Å². The second-order valence-electron chi connectivity index (χ2n) is 5.25. The Morgan fingerprint density at radius 2 is 1.65 bits per heavy atom. The molecule has 1 nitrogen and oxygen atoms in total. The predicted molar refractivity (Wildman–Crippen MR) is 74.8 cm³/mol. The van der Waals surface area contributed by atoms with Crippen LogP contribution in [0.15, 0.2) is 18.2 Å². The predicted octanol–water partition coefficient (Wildman–Crippen LogP) is 4.81. The normalized spacial score (nSPS) is 19.2. The van der Waals surface area contributed by atoms with Gasteiger partial charge in [0.1, 0.15) is 0 Å². The standard InChI is InChI=1S/C14H19Cl2N/c1-14(5-3-2-4-6-14)17-10-11-7-12(15)9-13(16)8-11/h7-9,17H,2-6,10H2,1H3. The maximum absolute atomic E-state index is 5.99. The van der Waals surface area contributed by atoms with Crippen LogP contribution in [0.1, 0.15) is 44.6 Å². The molecule has 0 aromatic heterocycles. The minimum atomic E-state index is 0.285. The Bertz CT molecular complexity index is 364. The van der Waals surface area contributed by atoms with Gasteiger partial charge in [-0.15, -0.1) is 0 Å². The second kappa shape index (κ2) is 5.60. The lowest BCUT2D eigenvalue weighted by atomic mass is 9.83. The van der Waals surface area contributed by atoms with Crippen molar-refractivity contribution in [2.45, 2.75) is 51.1 Å². The van der Waals surface area contributed by atoms with Gasteiger partial charge in [-0.25, -0.2) is 0 Å². The van der Waals surface area contributed by atoms with Gasteiger partial charge in [-0.2, -0.15) is 0 Å². The zero-order valence-corrected chi connectivity index (χ0v) is 11.7. The average Bonchev–Trinajstić information content (AvgIpc) is 2.26. The summed E-state index contributed by atoms with van der Waals surface area (Å²) in [4.78, 5) is 0. The molecule has 0 bridgehead atoms. The summed E-state index contributed by atoms with van der Waals surface area (Å²) in [6, 6.07) is 5.73. The van der Waals surface area contributed by atoms with Gasteiger partial charge in [0.05, 0.1) is 0 Å². The first-order valence-corrected chi connectivity index (χ1v) is 7.03. The Balaban J connectivity index is 1.96. The minimum Gasteiger partial charge on any atom is -0.307 e. The van der Waals surface area contributed by atoms with Gasteiger partial charge in [0.25, 0.3) is 0 Å². The Morgan fingerprint density at radius 1 is 1.06 bits per heavy atom. The number of benzene rings is 1. The van der Waals surface area contributed by atoms with E-state index in [1.54, 1.807) is 6.07 Å². The monoisotopic (exact) mass is 271 g/mol. The molecule has 1 aromatic rings. The average molecular weight is 272 g/mol. The van der Waals surface area contributed by atoms with Crippen LogP contribution in [-0.4, -0.2) is 5.54 Å². The molecule has 0 unspecified atom stereocenters. The van der Waals surface area contributed by atoms with E-state index in [9.17, 15) is 0 Å². The van der Waals surface area contributed by atoms with E-state index in [1.807, 2.05) is 12.1 Å². The first-order valence-electron chi connectivity index (χ1n) is 6.27. The quantitative estimate of drug-likeness (QED) is 0.832. The fraction of sp³-hybridized carbons (Fsp3) is 0.571. The topological polar surface area (TPSA) is 12.0 Å². The van der Waals surface area contributed by atoms with E-state index in [-0.39, 0.29) is 5.54 Å². The summed E-state index contributed by atoms with van der Waals surface area (Å²) in [5.74, 6) is 0. The fourth-order valence-corrected chi connectivity index (χ4v) is 3.11. The third-order valence-corrected chi connectivity index (χ3v) is 4.04. The molecule has 1 fully saturated rings. The minimum absolute atomic E-state index is 0.285. The molecule has 0 amide bonds. The van der Waals surface area contributed by atoms with Crippen molar-refractivity contribution in [1.29, 1.82) is 0 Å². The summed E-state index contributed by atoms with van der Waals surface area (Å²) in [6.07, 6.45) is 6.57. The highest BCUT2D eigenvalue weighted by atomic mass is 35.5. The van der Waals surface area contributed by atoms with Gasteiger partial charge < -0.3 is 5.32 Å². The van der Waals surface area contributed by atoms with Crippen molar-refractivity contribution in [3.05, 3.63) is 33.8 Å². The van der Waals surface area contributed by atoms with Crippen molar-refractivity contribution in [2.24, 2.45) is 0 Å². The van der Waals surface area contributed by atoms with E-state index in [0.717, 1.165) is 12.1 Å². The molecule has 0 heterocycles. The SMILES string of the molecule is CC1(NCc2cc(Cl)cc(Cl)c2)CCCCC1. The van der Waals surface area contributed by atoms with Gasteiger partial charge in [0.15, 0.2) is 0 Å². The maximum Gasteiger partial charge on any atom is 0.0424 e. The van der Waals surface area contributed by atoms with Gasteiger partial charge in [-0.1, -0.05) is 42.5 Å². The number of hydrogen-bond donors (Lipinski definition) is 1. The van der Waals surface area contributed by atoms with Crippen LogP contribution in [0.5, 0.6) is 0 Å². The maximum atomic E-state index is 5.99. The van der Waals surface area contributed by atoms with Crippen LogP contribution >= 0.6 is 23.2 Å². The van der Waals surface area contributed by atoms with Gasteiger partial charge in [0.2, 0.25) is 0 Å². The third-order valence-electron chi connectivity index (χ3n) is 3.60. The van der Waals surface area contributed by atoms with Gasteiger partial charge in [0, 0.05) is 22.1 Å². The Hall–Kier alpha value is -0.240. The van der Waals surface area contributed by atoms with Crippen molar-refractivity contribution >= 4 is 23.2 Å². The molecule has 1 aliphatic carbocycles. The van der Waals surface area contributed by atoms with Crippen LogP contribution < -0.4 is 5.32 Å². The van der Waals surface area contributed by atoms with E-state index in [4.69, 9.17) is 23.2 Å². The van der Waals surface area contributed by atoms with Gasteiger partial charge in [-0.3, -0.25) is 0 Å². The molecule has 1 aliphatic rings. The van der Waals surface area contributed by atoms with Crippen molar-refractivity contribution < 1.29 is 0 Å². The highest BCUT2D eigenvalue weighted by molar-refractivity contribution is 6.34. The molecule has 1 N–H and O–H groups in total. The van der Waals surface area contributed by atoms with Crippen LogP contribution in [0.2, 0.25) is 10.0 Å². The summed E-state index contributed by atoms with van der Waals surface area (Å²) >= 11 is 12.0. The van der Waals surface area contributed by atoms with Crippen molar-refractivity contribution in [3.63, 3.8) is 0 Å². The Kier molecular flexibility index (Phi) is 4.35. The summed E-state index contributed by atoms with van der Waals surface area (Å²) in [5, 5.41) is 5.07. The number of halogens is 2. The highest BCUT2D eigenvalue weighted by Gasteiger charge is 2.25. The lowest BCUT2D eigenvalue weighted by molar-refractivity contribution is 0.252. The van der Waals surface area contributed by atoms with Crippen molar-refractivity contribution in [1.82, 2.24) is 5.32 Å². The Labute approximate surface area is 114 Å². The van der Waals surface area contributed by atoms with Crippen LogP contribution in [-0.2, 0) is 6.54 Å². The Morgan fingerprint density at radius 3 is 2.24 bits per heavy atom. The first-order chi connectivity index (χ1) is 8.07. The number of rotatable bonds is 3. The molecule has 3 heteroatoms. The number of nitrogens with one attached hydrogen (secondary N) is 1. The van der Waals surface area contributed by atoms with Crippen LogP contribution in [0.4, 0.5) is 0 Å². The second-order valence-corrected chi connectivity index (χ2v) is 6.13. The lowest BCUT2D eigenvalue weighted by Crippen LogP contribution is -2.43. The highest BCUT2D eigenvalue weighted by Crippen LogP contribution is 2.28. The molecule has 0 atom stereocenters. The van der Waals surface area contributed by atoms with E-state index in [1.165, 1.54) is 32.1 Å². The molecule has 17 heavy (non-hydrogen) atoms.